The molecule has 2 aromatic heterocycles. The summed E-state index contributed by atoms with van der Waals surface area (Å²) in [5, 5.41) is 11.6. The van der Waals surface area contributed by atoms with Gasteiger partial charge in [0.05, 0.1) is 6.26 Å². The van der Waals surface area contributed by atoms with Crippen LogP contribution in [0.2, 0.25) is 0 Å². The van der Waals surface area contributed by atoms with Crippen LogP contribution in [-0.4, -0.2) is 46.9 Å². The van der Waals surface area contributed by atoms with Crippen molar-refractivity contribution in [1.29, 1.82) is 0 Å². The standard InChI is InChI=1S/C16H16N2O6/c19-14(11-3-4-13(24-11)16(21)22)17-10-5-7-18(8-6-10)15(20)12-2-1-9-23-12/h1-4,9-10H,5-8H2,(H,17,19)(H,21,22). The first-order valence-corrected chi connectivity index (χ1v) is 7.51. The SMILES string of the molecule is O=C(O)c1ccc(C(=O)NC2CCN(C(=O)c3ccco3)CC2)o1. The molecule has 24 heavy (non-hydrogen) atoms. The van der Waals surface area contributed by atoms with Crippen molar-refractivity contribution < 1.29 is 28.3 Å². The molecule has 2 N–H and O–H groups in total. The van der Waals surface area contributed by atoms with Crippen LogP contribution < -0.4 is 5.32 Å². The lowest BCUT2D eigenvalue weighted by atomic mass is 10.0. The van der Waals surface area contributed by atoms with Crippen LogP contribution in [0.1, 0.15) is 44.5 Å². The Kier molecular flexibility index (Phi) is 4.37. The number of nitrogens with zero attached hydrogens (tertiary/aromatic N) is 1. The number of amides is 2. The van der Waals surface area contributed by atoms with E-state index >= 15 is 0 Å². The maximum absolute atomic E-state index is 12.2. The van der Waals surface area contributed by atoms with E-state index in [1.54, 1.807) is 17.0 Å². The van der Waals surface area contributed by atoms with Gasteiger partial charge < -0.3 is 24.2 Å². The fourth-order valence-electron chi connectivity index (χ4n) is 2.61. The van der Waals surface area contributed by atoms with Crippen molar-refractivity contribution >= 4 is 17.8 Å². The van der Waals surface area contributed by atoms with E-state index in [0.29, 0.717) is 31.7 Å². The lowest BCUT2D eigenvalue weighted by molar-refractivity contribution is 0.0659. The van der Waals surface area contributed by atoms with Gasteiger partial charge in [-0.05, 0) is 37.1 Å². The Bertz CT molecular complexity index is 740. The predicted molar refractivity (Wildman–Crippen MR) is 80.8 cm³/mol. The topological polar surface area (TPSA) is 113 Å². The maximum atomic E-state index is 12.2. The summed E-state index contributed by atoms with van der Waals surface area (Å²) in [5.41, 5.74) is 0. The Morgan fingerprint density at radius 2 is 1.79 bits per heavy atom. The van der Waals surface area contributed by atoms with Crippen molar-refractivity contribution in [2.45, 2.75) is 18.9 Å². The van der Waals surface area contributed by atoms with Crippen LogP contribution in [0.25, 0.3) is 0 Å². The number of furan rings is 2. The van der Waals surface area contributed by atoms with Crippen LogP contribution >= 0.6 is 0 Å². The van der Waals surface area contributed by atoms with Crippen molar-refractivity contribution in [3.05, 3.63) is 47.8 Å². The first-order chi connectivity index (χ1) is 11.5. The largest absolute Gasteiger partial charge is 0.475 e. The number of hydrogen-bond acceptors (Lipinski definition) is 5. The number of carbonyl (C=O) groups excluding carboxylic acids is 2. The second-order valence-corrected chi connectivity index (χ2v) is 5.49. The van der Waals surface area contributed by atoms with Gasteiger partial charge in [-0.15, -0.1) is 0 Å². The summed E-state index contributed by atoms with van der Waals surface area (Å²) in [6, 6.07) is 5.75. The lowest BCUT2D eigenvalue weighted by Crippen LogP contribution is -2.46. The van der Waals surface area contributed by atoms with Crippen molar-refractivity contribution in [3.8, 4) is 0 Å². The maximum Gasteiger partial charge on any atom is 0.371 e. The molecule has 1 aliphatic rings. The Labute approximate surface area is 137 Å². The number of rotatable bonds is 4. The fourth-order valence-corrected chi connectivity index (χ4v) is 2.61. The molecule has 0 unspecified atom stereocenters. The predicted octanol–water partition coefficient (Wildman–Crippen LogP) is 1.61. The molecule has 1 fully saturated rings. The monoisotopic (exact) mass is 332 g/mol. The second-order valence-electron chi connectivity index (χ2n) is 5.49. The normalized spacial score (nSPS) is 15.2. The van der Waals surface area contributed by atoms with E-state index in [4.69, 9.17) is 13.9 Å². The molecule has 0 spiro atoms. The average Bonchev–Trinajstić information content (AvgIpc) is 3.26. The van der Waals surface area contributed by atoms with Gasteiger partial charge >= 0.3 is 5.97 Å². The molecule has 2 aromatic rings. The highest BCUT2D eigenvalue weighted by atomic mass is 16.4. The van der Waals surface area contributed by atoms with Gasteiger partial charge in [0.25, 0.3) is 11.8 Å². The van der Waals surface area contributed by atoms with E-state index in [2.05, 4.69) is 5.32 Å². The Morgan fingerprint density at radius 3 is 2.38 bits per heavy atom. The minimum Gasteiger partial charge on any atom is -0.475 e. The van der Waals surface area contributed by atoms with Gasteiger partial charge in [0, 0.05) is 19.1 Å². The molecule has 0 bridgehead atoms. The molecule has 8 nitrogen and oxygen atoms in total. The molecule has 0 aromatic carbocycles. The third-order valence-electron chi connectivity index (χ3n) is 3.89. The Balaban J connectivity index is 1.52. The quantitative estimate of drug-likeness (QED) is 0.879. The minimum atomic E-state index is -1.22. The highest BCUT2D eigenvalue weighted by Crippen LogP contribution is 2.15. The molecule has 0 radical (unpaired) electrons. The first kappa shape index (κ1) is 15.9. The molecule has 1 aliphatic heterocycles. The summed E-state index contributed by atoms with van der Waals surface area (Å²) < 4.78 is 10.1. The van der Waals surface area contributed by atoms with Crippen LogP contribution in [0, 0.1) is 0 Å². The average molecular weight is 332 g/mol. The Morgan fingerprint density at radius 1 is 1.08 bits per heavy atom. The van der Waals surface area contributed by atoms with Gasteiger partial charge in [0.1, 0.15) is 0 Å². The molecular weight excluding hydrogens is 316 g/mol. The van der Waals surface area contributed by atoms with Gasteiger partial charge in [-0.3, -0.25) is 9.59 Å². The highest BCUT2D eigenvalue weighted by molar-refractivity contribution is 5.94. The van der Waals surface area contributed by atoms with Crippen LogP contribution in [-0.2, 0) is 0 Å². The zero-order valence-electron chi connectivity index (χ0n) is 12.7. The summed E-state index contributed by atoms with van der Waals surface area (Å²) in [6.07, 6.45) is 2.66. The number of piperidine rings is 1. The second kappa shape index (κ2) is 6.61. The minimum absolute atomic E-state index is 0.0403. The van der Waals surface area contributed by atoms with Crippen molar-refractivity contribution in [3.63, 3.8) is 0 Å². The van der Waals surface area contributed by atoms with Crippen LogP contribution in [0.5, 0.6) is 0 Å². The van der Waals surface area contributed by atoms with Gasteiger partial charge in [0.2, 0.25) is 5.76 Å². The van der Waals surface area contributed by atoms with Crippen LogP contribution in [0.15, 0.2) is 39.4 Å². The van der Waals surface area contributed by atoms with Crippen LogP contribution in [0.4, 0.5) is 0 Å². The molecule has 126 valence electrons. The zero-order chi connectivity index (χ0) is 17.1. The number of carbonyl (C=O) groups is 3. The van der Waals surface area contributed by atoms with Gasteiger partial charge in [-0.25, -0.2) is 4.79 Å². The smallest absolute Gasteiger partial charge is 0.371 e. The van der Waals surface area contributed by atoms with Crippen molar-refractivity contribution in [1.82, 2.24) is 10.2 Å². The molecule has 0 aliphatic carbocycles. The van der Waals surface area contributed by atoms with Gasteiger partial charge in [-0.2, -0.15) is 0 Å². The number of carboxylic acid groups (broad SMARTS) is 1. The summed E-state index contributed by atoms with van der Waals surface area (Å²) in [7, 11) is 0. The number of aromatic carboxylic acids is 1. The zero-order valence-corrected chi connectivity index (χ0v) is 12.7. The molecule has 0 atom stereocenters. The summed E-state index contributed by atoms with van der Waals surface area (Å²) in [5.74, 6) is -1.87. The third kappa shape index (κ3) is 3.32. The Hall–Kier alpha value is -3.03. The molecule has 2 amide bonds. The van der Waals surface area contributed by atoms with E-state index in [-0.39, 0.29) is 23.5 Å². The van der Waals surface area contributed by atoms with Crippen LogP contribution in [0.3, 0.4) is 0 Å². The molecule has 3 heterocycles. The van der Waals surface area contributed by atoms with E-state index in [9.17, 15) is 14.4 Å². The van der Waals surface area contributed by atoms with Gasteiger partial charge in [-0.1, -0.05) is 0 Å². The first-order valence-electron chi connectivity index (χ1n) is 7.51. The molecule has 3 rings (SSSR count). The summed E-state index contributed by atoms with van der Waals surface area (Å²) in [4.78, 5) is 36.6. The molecular formula is C16H16N2O6. The van der Waals surface area contributed by atoms with E-state index in [1.807, 2.05) is 0 Å². The van der Waals surface area contributed by atoms with Crippen molar-refractivity contribution in [2.24, 2.45) is 0 Å². The molecule has 0 saturated carbocycles. The number of likely N-dealkylation sites (tertiary alicyclic amines) is 1. The third-order valence-corrected chi connectivity index (χ3v) is 3.89. The number of hydrogen-bond donors (Lipinski definition) is 2. The molecule has 8 heteroatoms. The fraction of sp³-hybridized carbons (Fsp3) is 0.312. The highest BCUT2D eigenvalue weighted by Gasteiger charge is 2.26. The number of carboxylic acids is 1. The molecule has 1 saturated heterocycles. The van der Waals surface area contributed by atoms with E-state index in [1.165, 1.54) is 18.4 Å². The van der Waals surface area contributed by atoms with E-state index in [0.717, 1.165) is 0 Å². The van der Waals surface area contributed by atoms with Crippen molar-refractivity contribution in [2.75, 3.05) is 13.1 Å². The number of nitrogens with one attached hydrogen (secondary N) is 1. The van der Waals surface area contributed by atoms with E-state index < -0.39 is 11.9 Å². The lowest BCUT2D eigenvalue weighted by Gasteiger charge is -2.31. The summed E-state index contributed by atoms with van der Waals surface area (Å²) in [6.45, 7) is 1.01. The van der Waals surface area contributed by atoms with Gasteiger partial charge in [0.15, 0.2) is 11.5 Å². The summed E-state index contributed by atoms with van der Waals surface area (Å²) >= 11 is 0.